The van der Waals surface area contributed by atoms with Gasteiger partial charge in [0.1, 0.15) is 0 Å². The number of sulfonamides is 1. The molecular weight excluding hydrogens is 494 g/mol. The van der Waals surface area contributed by atoms with Crippen molar-refractivity contribution < 1.29 is 32.9 Å². The Morgan fingerprint density at radius 1 is 1.14 bits per heavy atom. The Hall–Kier alpha value is -3.17. The molecule has 2 rings (SSSR count). The van der Waals surface area contributed by atoms with Gasteiger partial charge in [-0.05, 0) is 31.2 Å². The summed E-state index contributed by atoms with van der Waals surface area (Å²) in [6.45, 7) is 3.16. The highest BCUT2D eigenvalue weighted by molar-refractivity contribution is 7.89. The lowest BCUT2D eigenvalue weighted by atomic mass is 10.1. The summed E-state index contributed by atoms with van der Waals surface area (Å²) in [5, 5.41) is 30.3. The Morgan fingerprint density at radius 3 is 2.44 bits per heavy atom. The van der Waals surface area contributed by atoms with Crippen molar-refractivity contribution in [2.24, 2.45) is 10.2 Å². The summed E-state index contributed by atoms with van der Waals surface area (Å²) < 4.78 is 38.6. The summed E-state index contributed by atoms with van der Waals surface area (Å²) in [5.74, 6) is -0.680. The number of pyridine rings is 1. The Kier molecular flexibility index (Phi) is 11.1. The molecule has 1 aromatic carbocycles. The van der Waals surface area contributed by atoms with Gasteiger partial charge in [0.2, 0.25) is 21.8 Å². The van der Waals surface area contributed by atoms with Gasteiger partial charge in [0.15, 0.2) is 5.69 Å². The van der Waals surface area contributed by atoms with E-state index in [9.17, 15) is 23.1 Å². The number of benzene rings is 1. The first-order chi connectivity index (χ1) is 17.1. The predicted octanol–water partition coefficient (Wildman–Crippen LogP) is 0.847. The van der Waals surface area contributed by atoms with Gasteiger partial charge in [0.05, 0.1) is 43.6 Å². The highest BCUT2D eigenvalue weighted by atomic mass is 32.2. The van der Waals surface area contributed by atoms with Crippen LogP contribution in [0.25, 0.3) is 0 Å². The zero-order valence-corrected chi connectivity index (χ0v) is 21.2. The number of aromatic nitrogens is 1. The average molecular weight is 526 g/mol. The molecule has 0 aliphatic heterocycles. The number of aliphatic hydroxyl groups excluding tert-OH is 1. The fraction of sp³-hybridized carbons (Fsp3) is 0.455. The van der Waals surface area contributed by atoms with Crippen LogP contribution in [0.4, 0.5) is 11.4 Å². The molecule has 4 N–H and O–H groups in total. The molecule has 0 saturated heterocycles. The molecule has 0 aliphatic carbocycles. The third-order valence-corrected chi connectivity index (χ3v) is 6.44. The molecule has 0 fully saturated rings. The van der Waals surface area contributed by atoms with E-state index in [1.54, 1.807) is 6.92 Å². The molecule has 2 aromatic rings. The molecule has 0 aliphatic rings. The second-order valence-corrected chi connectivity index (χ2v) is 9.34. The lowest BCUT2D eigenvalue weighted by Gasteiger charge is -2.15. The maximum atomic E-state index is 12.7. The summed E-state index contributed by atoms with van der Waals surface area (Å²) in [5.41, 5.74) is 0.576. The van der Waals surface area contributed by atoms with Crippen molar-refractivity contribution in [1.82, 2.24) is 14.6 Å². The molecule has 1 aromatic heterocycles. The number of rotatable bonds is 14. The van der Waals surface area contributed by atoms with E-state index in [0.717, 1.165) is 4.57 Å². The topological polar surface area (TPSA) is 181 Å². The van der Waals surface area contributed by atoms with Gasteiger partial charge in [-0.1, -0.05) is 0 Å². The Bertz CT molecular complexity index is 1230. The third kappa shape index (κ3) is 7.93. The fourth-order valence-electron chi connectivity index (χ4n) is 3.13. The molecule has 0 radical (unpaired) electrons. The van der Waals surface area contributed by atoms with Crippen LogP contribution in [0.1, 0.15) is 18.1 Å². The SMILES string of the molecule is COCc1c(/N=N/c2ccc(S(=O)(=O)NCCNC(C)=O)cc2)c(O)n(CCOCCO)c(=O)c1C. The minimum atomic E-state index is -3.79. The number of carbonyl (C=O) groups is 1. The van der Waals surface area contributed by atoms with Crippen LogP contribution >= 0.6 is 0 Å². The van der Waals surface area contributed by atoms with Crippen LogP contribution in [0.5, 0.6) is 5.88 Å². The predicted molar refractivity (Wildman–Crippen MR) is 130 cm³/mol. The van der Waals surface area contributed by atoms with Crippen LogP contribution in [0.15, 0.2) is 44.2 Å². The number of carbonyl (C=O) groups excluding carboxylic acids is 1. The van der Waals surface area contributed by atoms with Gasteiger partial charge in [-0.3, -0.25) is 14.2 Å². The van der Waals surface area contributed by atoms with Crippen LogP contribution in [0.2, 0.25) is 0 Å². The average Bonchev–Trinajstić information content (AvgIpc) is 2.84. The number of aromatic hydroxyl groups is 1. The number of azo groups is 1. The highest BCUT2D eigenvalue weighted by Crippen LogP contribution is 2.33. The van der Waals surface area contributed by atoms with Crippen LogP contribution < -0.4 is 15.6 Å². The molecule has 0 bridgehead atoms. The number of nitrogens with one attached hydrogen (secondary N) is 2. The van der Waals surface area contributed by atoms with E-state index >= 15 is 0 Å². The maximum absolute atomic E-state index is 12.7. The lowest BCUT2D eigenvalue weighted by molar-refractivity contribution is -0.118. The lowest BCUT2D eigenvalue weighted by Crippen LogP contribution is -2.33. The first-order valence-electron chi connectivity index (χ1n) is 11.0. The van der Waals surface area contributed by atoms with Crippen molar-refractivity contribution in [3.63, 3.8) is 0 Å². The summed E-state index contributed by atoms with van der Waals surface area (Å²) >= 11 is 0. The maximum Gasteiger partial charge on any atom is 0.256 e. The van der Waals surface area contributed by atoms with Crippen molar-refractivity contribution >= 4 is 27.3 Å². The quantitative estimate of drug-likeness (QED) is 0.207. The summed E-state index contributed by atoms with van der Waals surface area (Å²) in [6.07, 6.45) is 0. The Labute approximate surface area is 208 Å². The van der Waals surface area contributed by atoms with E-state index < -0.39 is 21.5 Å². The van der Waals surface area contributed by atoms with E-state index in [1.807, 2.05) is 0 Å². The number of amides is 1. The molecule has 0 spiro atoms. The van der Waals surface area contributed by atoms with Gasteiger partial charge in [-0.15, -0.1) is 5.11 Å². The largest absolute Gasteiger partial charge is 0.493 e. The van der Waals surface area contributed by atoms with E-state index in [4.69, 9.17) is 14.6 Å². The summed E-state index contributed by atoms with van der Waals surface area (Å²) in [4.78, 5) is 23.6. The molecule has 13 nitrogen and oxygen atoms in total. The number of hydrogen-bond donors (Lipinski definition) is 4. The normalized spacial score (nSPS) is 11.8. The fourth-order valence-corrected chi connectivity index (χ4v) is 4.16. The zero-order chi connectivity index (χ0) is 26.7. The molecule has 0 unspecified atom stereocenters. The van der Waals surface area contributed by atoms with Crippen LogP contribution in [0.3, 0.4) is 0 Å². The molecular formula is C22H31N5O8S. The van der Waals surface area contributed by atoms with E-state index in [0.29, 0.717) is 16.8 Å². The van der Waals surface area contributed by atoms with Crippen molar-refractivity contribution in [3.8, 4) is 5.88 Å². The number of hydrogen-bond acceptors (Lipinski definition) is 10. The Morgan fingerprint density at radius 2 is 1.83 bits per heavy atom. The molecule has 198 valence electrons. The van der Waals surface area contributed by atoms with E-state index in [-0.39, 0.29) is 62.6 Å². The zero-order valence-electron chi connectivity index (χ0n) is 20.4. The third-order valence-electron chi connectivity index (χ3n) is 4.96. The van der Waals surface area contributed by atoms with E-state index in [2.05, 4.69) is 20.3 Å². The van der Waals surface area contributed by atoms with Gasteiger partial charge in [-0.25, -0.2) is 13.1 Å². The monoisotopic (exact) mass is 525 g/mol. The second-order valence-electron chi connectivity index (χ2n) is 7.58. The number of methoxy groups -OCH3 is 1. The number of nitrogens with zero attached hydrogens (tertiary/aromatic N) is 3. The van der Waals surface area contributed by atoms with Crippen molar-refractivity contribution in [2.45, 2.75) is 31.9 Å². The van der Waals surface area contributed by atoms with Crippen LogP contribution in [-0.2, 0) is 37.4 Å². The smallest absolute Gasteiger partial charge is 0.256 e. The van der Waals surface area contributed by atoms with Gasteiger partial charge in [0.25, 0.3) is 5.56 Å². The van der Waals surface area contributed by atoms with Crippen molar-refractivity contribution in [3.05, 3.63) is 45.7 Å². The van der Waals surface area contributed by atoms with Gasteiger partial charge in [-0.2, -0.15) is 5.11 Å². The first-order valence-corrected chi connectivity index (χ1v) is 12.5. The standard InChI is InChI=1S/C22H31N5O8S/c1-15-19(14-34-3)20(22(31)27(21(15)30)10-12-35-13-11-28)26-25-17-4-6-18(7-5-17)36(32,33)24-9-8-23-16(2)29/h4-7,24,28,31H,8-14H2,1-3H3,(H,23,29)/b26-25+. The summed E-state index contributed by atoms with van der Waals surface area (Å²) in [7, 11) is -2.35. The minimum Gasteiger partial charge on any atom is -0.493 e. The number of aliphatic hydroxyl groups is 1. The minimum absolute atomic E-state index is 0.000493. The number of ether oxygens (including phenoxy) is 2. The summed E-state index contributed by atoms with van der Waals surface area (Å²) in [6, 6.07) is 5.56. The van der Waals surface area contributed by atoms with Gasteiger partial charge >= 0.3 is 0 Å². The van der Waals surface area contributed by atoms with E-state index in [1.165, 1.54) is 38.3 Å². The molecule has 0 saturated carbocycles. The molecule has 14 heteroatoms. The second kappa shape index (κ2) is 13.8. The van der Waals surface area contributed by atoms with Crippen molar-refractivity contribution in [2.75, 3.05) is 40.0 Å². The molecule has 1 amide bonds. The van der Waals surface area contributed by atoms with Gasteiger partial charge in [0, 0.05) is 38.2 Å². The van der Waals surface area contributed by atoms with Gasteiger partial charge < -0.3 is 25.0 Å². The van der Waals surface area contributed by atoms with Crippen LogP contribution in [-0.4, -0.2) is 69.1 Å². The first kappa shape index (κ1) is 29.1. The Balaban J connectivity index is 2.28. The van der Waals surface area contributed by atoms with Crippen LogP contribution in [0, 0.1) is 6.92 Å². The molecule has 0 atom stereocenters. The molecule has 1 heterocycles. The highest BCUT2D eigenvalue weighted by Gasteiger charge is 2.19. The molecule has 36 heavy (non-hydrogen) atoms. The van der Waals surface area contributed by atoms with Crippen molar-refractivity contribution in [1.29, 1.82) is 0 Å².